The summed E-state index contributed by atoms with van der Waals surface area (Å²) in [5.41, 5.74) is 0. The molecule has 1 fully saturated rings. The van der Waals surface area contributed by atoms with Crippen LogP contribution in [0.1, 0.15) is 32.6 Å². The fourth-order valence-electron chi connectivity index (χ4n) is 1.54. The van der Waals surface area contributed by atoms with Crippen molar-refractivity contribution in [2.45, 2.75) is 44.8 Å². The summed E-state index contributed by atoms with van der Waals surface area (Å²) in [5, 5.41) is 8.60. The standard InChI is InChI=1S/C10H18O4/c1-2-8(6-10(11)12)14-7-9-4-3-5-13-9/h8-9H,2-7H2,1H3,(H,11,12). The summed E-state index contributed by atoms with van der Waals surface area (Å²) in [6.07, 6.45) is 2.95. The zero-order chi connectivity index (χ0) is 10.4. The van der Waals surface area contributed by atoms with E-state index in [0.717, 1.165) is 25.9 Å². The lowest BCUT2D eigenvalue weighted by Gasteiger charge is -2.16. The Morgan fingerprint density at radius 2 is 2.50 bits per heavy atom. The van der Waals surface area contributed by atoms with E-state index in [1.54, 1.807) is 0 Å². The third kappa shape index (κ3) is 4.07. The van der Waals surface area contributed by atoms with Crippen LogP contribution in [-0.2, 0) is 14.3 Å². The van der Waals surface area contributed by atoms with Crippen LogP contribution in [0.3, 0.4) is 0 Å². The average Bonchev–Trinajstić information content (AvgIpc) is 2.64. The summed E-state index contributed by atoms with van der Waals surface area (Å²) in [4.78, 5) is 10.5. The van der Waals surface area contributed by atoms with Gasteiger partial charge in [0.05, 0.1) is 25.2 Å². The monoisotopic (exact) mass is 202 g/mol. The Hall–Kier alpha value is -0.610. The van der Waals surface area contributed by atoms with Crippen molar-refractivity contribution < 1.29 is 19.4 Å². The van der Waals surface area contributed by atoms with Crippen LogP contribution in [0.15, 0.2) is 0 Å². The van der Waals surface area contributed by atoms with Crippen molar-refractivity contribution in [2.75, 3.05) is 13.2 Å². The third-order valence-electron chi connectivity index (χ3n) is 2.40. The number of carbonyl (C=O) groups is 1. The maximum absolute atomic E-state index is 10.5. The molecule has 1 heterocycles. The largest absolute Gasteiger partial charge is 0.481 e. The van der Waals surface area contributed by atoms with Crippen molar-refractivity contribution in [3.63, 3.8) is 0 Å². The second-order valence-corrected chi connectivity index (χ2v) is 3.60. The molecule has 0 aliphatic carbocycles. The van der Waals surface area contributed by atoms with Gasteiger partial charge in [0, 0.05) is 6.61 Å². The molecule has 2 unspecified atom stereocenters. The van der Waals surface area contributed by atoms with Crippen molar-refractivity contribution in [1.82, 2.24) is 0 Å². The number of aliphatic carboxylic acids is 1. The number of ether oxygens (including phenoxy) is 2. The first-order chi connectivity index (χ1) is 6.72. The van der Waals surface area contributed by atoms with Crippen LogP contribution >= 0.6 is 0 Å². The smallest absolute Gasteiger partial charge is 0.305 e. The highest BCUT2D eigenvalue weighted by molar-refractivity contribution is 5.67. The van der Waals surface area contributed by atoms with Crippen molar-refractivity contribution in [2.24, 2.45) is 0 Å². The van der Waals surface area contributed by atoms with Gasteiger partial charge in [-0.3, -0.25) is 4.79 Å². The molecule has 1 rings (SSSR count). The van der Waals surface area contributed by atoms with Gasteiger partial charge in [-0.05, 0) is 19.3 Å². The number of rotatable bonds is 6. The van der Waals surface area contributed by atoms with Gasteiger partial charge >= 0.3 is 5.97 Å². The number of carboxylic acids is 1. The van der Waals surface area contributed by atoms with Crippen LogP contribution in [0.25, 0.3) is 0 Å². The number of hydrogen-bond donors (Lipinski definition) is 1. The summed E-state index contributed by atoms with van der Waals surface area (Å²) in [6.45, 7) is 3.28. The molecule has 1 aliphatic rings. The molecule has 0 bridgehead atoms. The molecule has 14 heavy (non-hydrogen) atoms. The summed E-state index contributed by atoms with van der Waals surface area (Å²) >= 11 is 0. The molecule has 0 aromatic carbocycles. The lowest BCUT2D eigenvalue weighted by atomic mass is 10.2. The summed E-state index contributed by atoms with van der Waals surface area (Å²) < 4.78 is 10.9. The molecule has 0 spiro atoms. The fraction of sp³-hybridized carbons (Fsp3) is 0.900. The number of hydrogen-bond acceptors (Lipinski definition) is 3. The molecule has 4 heteroatoms. The molecule has 0 radical (unpaired) electrons. The summed E-state index contributed by atoms with van der Waals surface area (Å²) in [6, 6.07) is 0. The van der Waals surface area contributed by atoms with E-state index in [4.69, 9.17) is 14.6 Å². The van der Waals surface area contributed by atoms with Crippen molar-refractivity contribution in [3.8, 4) is 0 Å². The minimum absolute atomic E-state index is 0.0865. The van der Waals surface area contributed by atoms with E-state index in [9.17, 15) is 4.79 Å². The first-order valence-corrected chi connectivity index (χ1v) is 5.17. The first kappa shape index (κ1) is 11.5. The minimum atomic E-state index is -0.802. The molecule has 1 saturated heterocycles. The molecule has 1 aliphatic heterocycles. The van der Waals surface area contributed by atoms with Gasteiger partial charge in [0.1, 0.15) is 0 Å². The molecule has 0 saturated carbocycles. The Balaban J connectivity index is 2.15. The van der Waals surface area contributed by atoms with Crippen molar-refractivity contribution in [1.29, 1.82) is 0 Å². The predicted octanol–water partition coefficient (Wildman–Crippen LogP) is 1.44. The predicted molar refractivity (Wildman–Crippen MR) is 51.3 cm³/mol. The molecule has 4 nitrogen and oxygen atoms in total. The van der Waals surface area contributed by atoms with Gasteiger partial charge in [-0.15, -0.1) is 0 Å². The normalized spacial score (nSPS) is 23.6. The quantitative estimate of drug-likeness (QED) is 0.708. The highest BCUT2D eigenvalue weighted by Gasteiger charge is 2.18. The lowest BCUT2D eigenvalue weighted by Crippen LogP contribution is -2.23. The minimum Gasteiger partial charge on any atom is -0.481 e. The Labute approximate surface area is 84.2 Å². The van der Waals surface area contributed by atoms with Crippen molar-refractivity contribution >= 4 is 5.97 Å². The fourth-order valence-corrected chi connectivity index (χ4v) is 1.54. The van der Waals surface area contributed by atoms with E-state index in [1.807, 2.05) is 6.92 Å². The highest BCUT2D eigenvalue weighted by atomic mass is 16.5. The van der Waals surface area contributed by atoms with Crippen LogP contribution < -0.4 is 0 Å². The average molecular weight is 202 g/mol. The topological polar surface area (TPSA) is 55.8 Å². The molecular formula is C10H18O4. The van der Waals surface area contributed by atoms with E-state index in [-0.39, 0.29) is 18.6 Å². The molecule has 0 amide bonds. The SMILES string of the molecule is CCC(CC(=O)O)OCC1CCCO1. The van der Waals surface area contributed by atoms with Crippen LogP contribution in [-0.4, -0.2) is 36.5 Å². The van der Waals surface area contributed by atoms with Crippen LogP contribution in [0, 0.1) is 0 Å². The molecule has 0 aromatic rings. The van der Waals surface area contributed by atoms with Gasteiger partial charge in [-0.1, -0.05) is 6.92 Å². The van der Waals surface area contributed by atoms with E-state index >= 15 is 0 Å². The molecule has 1 N–H and O–H groups in total. The zero-order valence-electron chi connectivity index (χ0n) is 8.57. The Kier molecular flexibility index (Phi) is 4.90. The Morgan fingerprint density at radius 3 is 3.00 bits per heavy atom. The second-order valence-electron chi connectivity index (χ2n) is 3.60. The maximum atomic E-state index is 10.5. The van der Waals surface area contributed by atoms with Crippen LogP contribution in [0.5, 0.6) is 0 Å². The molecule has 82 valence electrons. The maximum Gasteiger partial charge on any atom is 0.305 e. The van der Waals surface area contributed by atoms with Crippen LogP contribution in [0.2, 0.25) is 0 Å². The zero-order valence-corrected chi connectivity index (χ0v) is 8.57. The van der Waals surface area contributed by atoms with Gasteiger partial charge in [-0.2, -0.15) is 0 Å². The second kappa shape index (κ2) is 5.98. The van der Waals surface area contributed by atoms with E-state index in [2.05, 4.69) is 0 Å². The van der Waals surface area contributed by atoms with Gasteiger partial charge in [-0.25, -0.2) is 0 Å². The van der Waals surface area contributed by atoms with Crippen molar-refractivity contribution in [3.05, 3.63) is 0 Å². The Bertz CT molecular complexity index is 175. The van der Waals surface area contributed by atoms with Gasteiger partial charge in [0.2, 0.25) is 0 Å². The van der Waals surface area contributed by atoms with E-state index in [0.29, 0.717) is 6.61 Å². The van der Waals surface area contributed by atoms with Crippen LogP contribution in [0.4, 0.5) is 0 Å². The van der Waals surface area contributed by atoms with Gasteiger partial charge < -0.3 is 14.6 Å². The van der Waals surface area contributed by atoms with E-state index < -0.39 is 5.97 Å². The summed E-state index contributed by atoms with van der Waals surface area (Å²) in [7, 11) is 0. The van der Waals surface area contributed by atoms with Gasteiger partial charge in [0.15, 0.2) is 0 Å². The first-order valence-electron chi connectivity index (χ1n) is 5.17. The number of carboxylic acid groups (broad SMARTS) is 1. The van der Waals surface area contributed by atoms with E-state index in [1.165, 1.54) is 0 Å². The molecular weight excluding hydrogens is 184 g/mol. The third-order valence-corrected chi connectivity index (χ3v) is 2.40. The highest BCUT2D eigenvalue weighted by Crippen LogP contribution is 2.14. The lowest BCUT2D eigenvalue weighted by molar-refractivity contribution is -0.141. The summed E-state index contributed by atoms with van der Waals surface area (Å²) in [5.74, 6) is -0.802. The molecule has 2 atom stereocenters. The molecule has 0 aromatic heterocycles. The van der Waals surface area contributed by atoms with Gasteiger partial charge in [0.25, 0.3) is 0 Å². The Morgan fingerprint density at radius 1 is 1.71 bits per heavy atom.